The van der Waals surface area contributed by atoms with E-state index < -0.39 is 0 Å². The van der Waals surface area contributed by atoms with Crippen LogP contribution in [0.2, 0.25) is 0 Å². The van der Waals surface area contributed by atoms with E-state index in [0.29, 0.717) is 0 Å². The highest BCUT2D eigenvalue weighted by Crippen LogP contribution is 1.95. The maximum absolute atomic E-state index is 5.11. The van der Waals surface area contributed by atoms with Gasteiger partial charge < -0.3 is 24.8 Å². The fraction of sp³-hybridized carbons (Fsp3) is 0.143. The van der Waals surface area contributed by atoms with Gasteiger partial charge in [0, 0.05) is 6.54 Å². The summed E-state index contributed by atoms with van der Waals surface area (Å²) in [6, 6.07) is 10.0. The molecule has 0 aliphatic rings. The normalized spacial score (nSPS) is 7.73. The third-order valence-electron chi connectivity index (χ3n) is 1.15. The van der Waals surface area contributed by atoms with Crippen LogP contribution in [-0.2, 0) is 6.54 Å². The van der Waals surface area contributed by atoms with E-state index in [-0.39, 0.29) is 24.8 Å². The molecule has 3 N–H and O–H groups in total. The van der Waals surface area contributed by atoms with Crippen molar-refractivity contribution in [3.05, 3.63) is 35.9 Å². The molecule has 0 amide bonds. The first-order valence-electron chi connectivity index (χ1n) is 2.91. The quantitative estimate of drug-likeness (QED) is 0.363. The lowest BCUT2D eigenvalue weighted by atomic mass is 10.2. The lowest BCUT2D eigenvalue weighted by molar-refractivity contribution is -0.001000. The van der Waals surface area contributed by atoms with Crippen molar-refractivity contribution in [2.75, 3.05) is 0 Å². The number of halogens is 2. The number of nitrogens with two attached hydrogens (primary N) is 1. The first kappa shape index (κ1) is 13.3. The topological polar surface area (TPSA) is 38.0 Å². The predicted molar refractivity (Wildman–Crippen MR) is 37.5 cm³/mol. The number of hydrogen-bond acceptors (Lipinski definition) is 2. The number of hydrogen-bond donors (Lipinski definition) is 2. The van der Waals surface area contributed by atoms with E-state index in [2.05, 4.69) is 5.43 Å². The molecule has 1 aromatic rings. The predicted octanol–water partition coefficient (Wildman–Crippen LogP) is -5.34. The molecule has 0 radical (unpaired) electrons. The second-order valence-corrected chi connectivity index (χ2v) is 1.87. The van der Waals surface area contributed by atoms with Crippen LogP contribution in [-0.4, -0.2) is 0 Å². The summed E-state index contributed by atoms with van der Waals surface area (Å²) in [6.45, 7) is 0.737. The van der Waals surface area contributed by atoms with Crippen LogP contribution in [0.4, 0.5) is 0 Å². The Bertz CT molecular complexity index is 167. The number of benzene rings is 1. The van der Waals surface area contributed by atoms with E-state index in [9.17, 15) is 0 Å². The van der Waals surface area contributed by atoms with Crippen LogP contribution >= 0.6 is 0 Å². The van der Waals surface area contributed by atoms with E-state index in [1.807, 2.05) is 30.3 Å². The fourth-order valence-corrected chi connectivity index (χ4v) is 0.714. The first-order chi connectivity index (χ1) is 4.43. The lowest BCUT2D eigenvalue weighted by Gasteiger charge is -1.95. The number of hydrazine groups is 1. The first-order valence-corrected chi connectivity index (χ1v) is 2.91. The van der Waals surface area contributed by atoms with Crippen LogP contribution in [0.5, 0.6) is 0 Å². The van der Waals surface area contributed by atoms with Crippen LogP contribution in [0.1, 0.15) is 5.56 Å². The van der Waals surface area contributed by atoms with Gasteiger partial charge in [0.1, 0.15) is 0 Å². The van der Waals surface area contributed by atoms with Crippen LogP contribution < -0.4 is 36.1 Å². The van der Waals surface area contributed by atoms with Gasteiger partial charge in [-0.2, -0.15) is 0 Å². The zero-order chi connectivity index (χ0) is 6.53. The Morgan fingerprint density at radius 1 is 1.09 bits per heavy atom. The summed E-state index contributed by atoms with van der Waals surface area (Å²) in [5, 5.41) is 0. The molecule has 1 aromatic carbocycles. The summed E-state index contributed by atoms with van der Waals surface area (Å²) in [5.41, 5.74) is 3.79. The molecule has 0 saturated heterocycles. The van der Waals surface area contributed by atoms with Gasteiger partial charge in [-0.25, -0.2) is 0 Å². The van der Waals surface area contributed by atoms with Gasteiger partial charge >= 0.3 is 0 Å². The molecular formula is C7H10Cl2N2-2. The summed E-state index contributed by atoms with van der Waals surface area (Å²) in [6.07, 6.45) is 0. The lowest BCUT2D eigenvalue weighted by Crippen LogP contribution is -3.00. The van der Waals surface area contributed by atoms with Crippen molar-refractivity contribution in [2.45, 2.75) is 6.54 Å². The Kier molecular flexibility index (Phi) is 9.47. The molecule has 0 aliphatic carbocycles. The second-order valence-electron chi connectivity index (χ2n) is 1.87. The van der Waals surface area contributed by atoms with Gasteiger partial charge in [0.2, 0.25) is 0 Å². The maximum atomic E-state index is 5.11. The minimum atomic E-state index is 0. The molecule has 11 heavy (non-hydrogen) atoms. The van der Waals surface area contributed by atoms with Gasteiger partial charge in [-0.3, -0.25) is 11.3 Å². The molecule has 2 nitrogen and oxygen atoms in total. The number of nitrogens with one attached hydrogen (secondary N) is 1. The monoisotopic (exact) mass is 192 g/mol. The molecule has 0 saturated carbocycles. The zero-order valence-electron chi connectivity index (χ0n) is 5.93. The second kappa shape index (κ2) is 7.82. The maximum Gasteiger partial charge on any atom is 0.0348 e. The molecule has 0 aromatic heterocycles. The van der Waals surface area contributed by atoms with E-state index in [0.717, 1.165) is 6.54 Å². The standard InChI is InChI=1S/C7H10N2.2ClH/c8-9-6-7-4-2-1-3-5-7;;/h1-5,9H,6,8H2;2*1H/p-2. The largest absolute Gasteiger partial charge is 1.00 e. The molecule has 0 spiro atoms. The molecule has 0 heterocycles. The van der Waals surface area contributed by atoms with Crippen molar-refractivity contribution in [2.24, 2.45) is 5.84 Å². The van der Waals surface area contributed by atoms with Gasteiger partial charge in [-0.05, 0) is 5.56 Å². The van der Waals surface area contributed by atoms with Crippen molar-refractivity contribution in [3.63, 3.8) is 0 Å². The summed E-state index contributed by atoms with van der Waals surface area (Å²) in [5.74, 6) is 5.11. The van der Waals surface area contributed by atoms with Crippen molar-refractivity contribution < 1.29 is 24.8 Å². The molecule has 4 heteroatoms. The van der Waals surface area contributed by atoms with Crippen molar-refractivity contribution in [3.8, 4) is 0 Å². The Morgan fingerprint density at radius 3 is 2.09 bits per heavy atom. The SMILES string of the molecule is NNCc1ccccc1.[Cl-].[Cl-]. The van der Waals surface area contributed by atoms with Gasteiger partial charge in [-0.15, -0.1) is 0 Å². The van der Waals surface area contributed by atoms with Crippen LogP contribution in [0, 0.1) is 0 Å². The molecule has 64 valence electrons. The summed E-state index contributed by atoms with van der Waals surface area (Å²) < 4.78 is 0. The van der Waals surface area contributed by atoms with E-state index >= 15 is 0 Å². The Balaban J connectivity index is 0. The van der Waals surface area contributed by atoms with Crippen LogP contribution in [0.25, 0.3) is 0 Å². The van der Waals surface area contributed by atoms with Gasteiger partial charge in [-0.1, -0.05) is 30.3 Å². The highest BCUT2D eigenvalue weighted by atomic mass is 35.5. The van der Waals surface area contributed by atoms with Gasteiger partial charge in [0.05, 0.1) is 0 Å². The van der Waals surface area contributed by atoms with Gasteiger partial charge in [0.25, 0.3) is 0 Å². The minimum Gasteiger partial charge on any atom is -1.00 e. The van der Waals surface area contributed by atoms with E-state index in [4.69, 9.17) is 5.84 Å². The van der Waals surface area contributed by atoms with Crippen LogP contribution in [0.15, 0.2) is 30.3 Å². The van der Waals surface area contributed by atoms with Crippen molar-refractivity contribution >= 4 is 0 Å². The summed E-state index contributed by atoms with van der Waals surface area (Å²) in [7, 11) is 0. The van der Waals surface area contributed by atoms with E-state index in [1.54, 1.807) is 0 Å². The summed E-state index contributed by atoms with van der Waals surface area (Å²) in [4.78, 5) is 0. The average Bonchev–Trinajstić information content (AvgIpc) is 1.91. The molecule has 1 rings (SSSR count). The molecule has 0 aliphatic heterocycles. The zero-order valence-corrected chi connectivity index (χ0v) is 7.44. The minimum absolute atomic E-state index is 0. The average molecular weight is 193 g/mol. The molecular weight excluding hydrogens is 183 g/mol. The van der Waals surface area contributed by atoms with E-state index in [1.165, 1.54) is 5.56 Å². The highest BCUT2D eigenvalue weighted by Gasteiger charge is 1.83. The van der Waals surface area contributed by atoms with Crippen molar-refractivity contribution in [1.29, 1.82) is 0 Å². The Hall–Kier alpha value is -0.280. The third kappa shape index (κ3) is 5.04. The number of rotatable bonds is 2. The molecule has 0 fully saturated rings. The van der Waals surface area contributed by atoms with Crippen molar-refractivity contribution in [1.82, 2.24) is 5.43 Å². The highest BCUT2D eigenvalue weighted by molar-refractivity contribution is 5.13. The summed E-state index contributed by atoms with van der Waals surface area (Å²) >= 11 is 0. The molecule has 0 bridgehead atoms. The third-order valence-corrected chi connectivity index (χ3v) is 1.15. The smallest absolute Gasteiger partial charge is 0.0348 e. The van der Waals surface area contributed by atoms with Crippen LogP contribution in [0.3, 0.4) is 0 Å². The Morgan fingerprint density at radius 2 is 1.64 bits per heavy atom. The van der Waals surface area contributed by atoms with Gasteiger partial charge in [0.15, 0.2) is 0 Å². The fourth-order valence-electron chi connectivity index (χ4n) is 0.714. The molecule has 0 atom stereocenters. The molecule has 0 unspecified atom stereocenters. The Labute approximate surface area is 79.0 Å².